The maximum atomic E-state index is 13.4. The monoisotopic (exact) mass is 301 g/mol. The fourth-order valence-electron chi connectivity index (χ4n) is 2.59. The fourth-order valence-corrected chi connectivity index (χ4v) is 2.99. The van der Waals surface area contributed by atoms with Gasteiger partial charge in [0.25, 0.3) is 0 Å². The number of nitrogens with two attached hydrogens (primary N) is 1. The summed E-state index contributed by atoms with van der Waals surface area (Å²) < 4.78 is 13.8. The standard InChI is InChI=1S/C13H17BrFNO/c14-12-9(3-1-5-11(12)15)7-13(17)6-2-4-10(16)8-13/h1,3,5,10,17H,2,4,6-8,16H2. The first kappa shape index (κ1) is 13.0. The van der Waals surface area contributed by atoms with Crippen LogP contribution in [-0.4, -0.2) is 16.7 Å². The van der Waals surface area contributed by atoms with E-state index >= 15 is 0 Å². The molecule has 2 atom stereocenters. The normalized spacial score (nSPS) is 29.3. The van der Waals surface area contributed by atoms with Crippen LogP contribution in [0.5, 0.6) is 0 Å². The van der Waals surface area contributed by atoms with Crippen molar-refractivity contribution in [2.24, 2.45) is 5.73 Å². The molecule has 0 radical (unpaired) electrons. The van der Waals surface area contributed by atoms with Crippen LogP contribution in [0.4, 0.5) is 4.39 Å². The summed E-state index contributed by atoms with van der Waals surface area (Å²) in [6, 6.07) is 4.97. The molecule has 1 aromatic carbocycles. The lowest BCUT2D eigenvalue weighted by Gasteiger charge is -2.35. The first-order valence-corrected chi connectivity index (χ1v) is 6.70. The molecule has 1 aliphatic carbocycles. The minimum Gasteiger partial charge on any atom is -0.389 e. The molecule has 0 amide bonds. The van der Waals surface area contributed by atoms with Crippen LogP contribution in [-0.2, 0) is 6.42 Å². The van der Waals surface area contributed by atoms with Crippen molar-refractivity contribution in [2.75, 3.05) is 0 Å². The highest BCUT2D eigenvalue weighted by atomic mass is 79.9. The Kier molecular flexibility index (Phi) is 3.85. The van der Waals surface area contributed by atoms with Crippen LogP contribution in [0.2, 0.25) is 0 Å². The quantitative estimate of drug-likeness (QED) is 0.882. The number of hydrogen-bond donors (Lipinski definition) is 2. The highest BCUT2D eigenvalue weighted by Crippen LogP contribution is 2.33. The van der Waals surface area contributed by atoms with E-state index < -0.39 is 5.60 Å². The van der Waals surface area contributed by atoms with Crippen LogP contribution in [0, 0.1) is 5.82 Å². The maximum Gasteiger partial charge on any atom is 0.137 e. The summed E-state index contributed by atoms with van der Waals surface area (Å²) in [6.07, 6.45) is 3.69. The molecule has 0 saturated heterocycles. The van der Waals surface area contributed by atoms with Crippen LogP contribution in [0.15, 0.2) is 22.7 Å². The van der Waals surface area contributed by atoms with Gasteiger partial charge in [0.1, 0.15) is 5.82 Å². The summed E-state index contributed by atoms with van der Waals surface area (Å²) in [6.45, 7) is 0. The molecule has 1 saturated carbocycles. The first-order valence-electron chi connectivity index (χ1n) is 5.91. The van der Waals surface area contributed by atoms with Gasteiger partial charge in [-0.15, -0.1) is 0 Å². The third-order valence-electron chi connectivity index (χ3n) is 3.41. The van der Waals surface area contributed by atoms with E-state index in [-0.39, 0.29) is 11.9 Å². The van der Waals surface area contributed by atoms with Gasteiger partial charge in [-0.25, -0.2) is 4.39 Å². The van der Waals surface area contributed by atoms with Crippen molar-refractivity contribution in [2.45, 2.75) is 43.7 Å². The lowest BCUT2D eigenvalue weighted by molar-refractivity contribution is -0.00208. The molecule has 1 fully saturated rings. The van der Waals surface area contributed by atoms with Gasteiger partial charge in [-0.1, -0.05) is 12.1 Å². The summed E-state index contributed by atoms with van der Waals surface area (Å²) in [4.78, 5) is 0. The Hall–Kier alpha value is -0.450. The number of benzene rings is 1. The molecule has 17 heavy (non-hydrogen) atoms. The number of aliphatic hydroxyl groups is 1. The van der Waals surface area contributed by atoms with Gasteiger partial charge in [0, 0.05) is 12.5 Å². The minimum absolute atomic E-state index is 0.0566. The van der Waals surface area contributed by atoms with E-state index in [0.717, 1.165) is 24.8 Å². The summed E-state index contributed by atoms with van der Waals surface area (Å²) in [5, 5.41) is 10.5. The molecule has 0 aliphatic heterocycles. The molecule has 94 valence electrons. The van der Waals surface area contributed by atoms with Gasteiger partial charge in [0.2, 0.25) is 0 Å². The molecule has 1 aromatic rings. The summed E-state index contributed by atoms with van der Waals surface area (Å²) >= 11 is 3.23. The van der Waals surface area contributed by atoms with Crippen molar-refractivity contribution in [3.8, 4) is 0 Å². The molecule has 0 bridgehead atoms. The number of hydrogen-bond acceptors (Lipinski definition) is 2. The van der Waals surface area contributed by atoms with Gasteiger partial charge in [-0.3, -0.25) is 0 Å². The van der Waals surface area contributed by atoms with Crippen LogP contribution in [0.25, 0.3) is 0 Å². The average molecular weight is 302 g/mol. The average Bonchev–Trinajstić information content (AvgIpc) is 2.24. The Balaban J connectivity index is 2.17. The molecule has 1 aliphatic rings. The van der Waals surface area contributed by atoms with Crippen molar-refractivity contribution < 1.29 is 9.50 Å². The second-order valence-corrected chi connectivity index (χ2v) is 5.76. The molecular formula is C13H17BrFNO. The zero-order valence-corrected chi connectivity index (χ0v) is 11.2. The van der Waals surface area contributed by atoms with Crippen molar-refractivity contribution in [3.05, 3.63) is 34.1 Å². The Labute approximate surface area is 109 Å². The van der Waals surface area contributed by atoms with E-state index in [4.69, 9.17) is 5.73 Å². The summed E-state index contributed by atoms with van der Waals surface area (Å²) in [5.74, 6) is -0.286. The molecule has 0 aromatic heterocycles. The van der Waals surface area contributed by atoms with Crippen molar-refractivity contribution in [1.82, 2.24) is 0 Å². The molecule has 2 nitrogen and oxygen atoms in total. The third-order valence-corrected chi connectivity index (χ3v) is 4.30. The predicted molar refractivity (Wildman–Crippen MR) is 69.2 cm³/mol. The highest BCUT2D eigenvalue weighted by Gasteiger charge is 2.33. The molecular weight excluding hydrogens is 285 g/mol. The SMILES string of the molecule is NC1CCCC(O)(Cc2cccc(F)c2Br)C1. The van der Waals surface area contributed by atoms with Crippen LogP contribution in [0.3, 0.4) is 0 Å². The van der Waals surface area contributed by atoms with Crippen molar-refractivity contribution in [3.63, 3.8) is 0 Å². The maximum absolute atomic E-state index is 13.4. The zero-order chi connectivity index (χ0) is 12.5. The van der Waals surface area contributed by atoms with E-state index in [0.29, 0.717) is 17.3 Å². The fraction of sp³-hybridized carbons (Fsp3) is 0.538. The Bertz CT molecular complexity index is 412. The lowest BCUT2D eigenvalue weighted by atomic mass is 9.78. The molecule has 2 unspecified atom stereocenters. The van der Waals surface area contributed by atoms with Gasteiger partial charge >= 0.3 is 0 Å². The summed E-state index contributed by atoms with van der Waals surface area (Å²) in [7, 11) is 0. The molecule has 0 heterocycles. The minimum atomic E-state index is -0.784. The van der Waals surface area contributed by atoms with E-state index in [2.05, 4.69) is 15.9 Å². The van der Waals surface area contributed by atoms with Crippen LogP contribution in [0.1, 0.15) is 31.2 Å². The summed E-state index contributed by atoms with van der Waals surface area (Å²) in [5.41, 5.74) is 5.91. The molecule has 0 spiro atoms. The Morgan fingerprint density at radius 3 is 3.00 bits per heavy atom. The van der Waals surface area contributed by atoms with Crippen LogP contribution < -0.4 is 5.73 Å². The van der Waals surface area contributed by atoms with Gasteiger partial charge in [0.15, 0.2) is 0 Å². The van der Waals surface area contributed by atoms with E-state index in [1.54, 1.807) is 6.07 Å². The van der Waals surface area contributed by atoms with Gasteiger partial charge in [-0.05, 0) is 53.2 Å². The largest absolute Gasteiger partial charge is 0.389 e. The third kappa shape index (κ3) is 3.06. The van der Waals surface area contributed by atoms with E-state index in [9.17, 15) is 9.50 Å². The zero-order valence-electron chi connectivity index (χ0n) is 9.63. The smallest absolute Gasteiger partial charge is 0.137 e. The molecule has 4 heteroatoms. The topological polar surface area (TPSA) is 46.2 Å². The van der Waals surface area contributed by atoms with Crippen molar-refractivity contribution in [1.29, 1.82) is 0 Å². The van der Waals surface area contributed by atoms with Crippen LogP contribution >= 0.6 is 15.9 Å². The second-order valence-electron chi connectivity index (χ2n) is 4.97. The first-order chi connectivity index (χ1) is 8.00. The van der Waals surface area contributed by atoms with Gasteiger partial charge in [0.05, 0.1) is 10.1 Å². The highest BCUT2D eigenvalue weighted by molar-refractivity contribution is 9.10. The van der Waals surface area contributed by atoms with Gasteiger partial charge in [-0.2, -0.15) is 0 Å². The number of rotatable bonds is 2. The lowest BCUT2D eigenvalue weighted by Crippen LogP contribution is -2.42. The van der Waals surface area contributed by atoms with E-state index in [1.807, 2.05) is 6.07 Å². The van der Waals surface area contributed by atoms with Gasteiger partial charge < -0.3 is 10.8 Å². The molecule has 2 rings (SSSR count). The molecule has 3 N–H and O–H groups in total. The predicted octanol–water partition coefficient (Wildman–Crippen LogP) is 2.76. The second kappa shape index (κ2) is 5.04. The number of halogens is 2. The Morgan fingerprint density at radius 2 is 2.29 bits per heavy atom. The Morgan fingerprint density at radius 1 is 1.53 bits per heavy atom. The van der Waals surface area contributed by atoms with Crippen molar-refractivity contribution >= 4 is 15.9 Å². The van der Waals surface area contributed by atoms with E-state index in [1.165, 1.54) is 6.07 Å².